The molecule has 0 bridgehead atoms. The molecule has 0 aromatic carbocycles. The van der Waals surface area contributed by atoms with Crippen molar-refractivity contribution in [1.82, 2.24) is 31.2 Å². The van der Waals surface area contributed by atoms with Crippen molar-refractivity contribution >= 4 is 11.9 Å². The monoisotopic (exact) mass is 358 g/mol. The minimum Gasteiger partial charge on any atom is -0.472 e. The zero-order valence-electron chi connectivity index (χ0n) is 14.3. The molecule has 3 rings (SSSR count). The fourth-order valence-electron chi connectivity index (χ4n) is 2.55. The van der Waals surface area contributed by atoms with Crippen LogP contribution < -0.4 is 20.7 Å². The van der Waals surface area contributed by atoms with E-state index in [0.717, 1.165) is 0 Å². The quantitative estimate of drug-likeness (QED) is 0.644. The van der Waals surface area contributed by atoms with Crippen LogP contribution in [0, 0.1) is 6.92 Å². The molecule has 1 atom stereocenters. The van der Waals surface area contributed by atoms with Gasteiger partial charge in [0.15, 0.2) is 0 Å². The summed E-state index contributed by atoms with van der Waals surface area (Å²) in [6.45, 7) is 3.82. The van der Waals surface area contributed by atoms with Gasteiger partial charge >= 0.3 is 6.03 Å². The number of hydrogen-bond acceptors (Lipinski definition) is 7. The lowest BCUT2D eigenvalue weighted by atomic mass is 9.96. The molecule has 2 aromatic rings. The average Bonchev–Trinajstić information content (AvgIpc) is 3.03. The molecule has 136 valence electrons. The van der Waals surface area contributed by atoms with Crippen LogP contribution >= 0.6 is 0 Å². The van der Waals surface area contributed by atoms with Gasteiger partial charge in [-0.2, -0.15) is 0 Å². The number of nitrogens with zero attached hydrogens (tertiary/aromatic N) is 3. The predicted molar refractivity (Wildman–Crippen MR) is 88.9 cm³/mol. The Morgan fingerprint density at radius 3 is 2.92 bits per heavy atom. The normalized spacial score (nSPS) is 16.7. The lowest BCUT2D eigenvalue weighted by Gasteiger charge is -2.28. The zero-order valence-corrected chi connectivity index (χ0v) is 14.3. The minimum atomic E-state index is -0.583. The molecular weight excluding hydrogens is 340 g/mol. The molecule has 1 aliphatic heterocycles. The van der Waals surface area contributed by atoms with Crippen molar-refractivity contribution in [2.75, 3.05) is 13.2 Å². The van der Waals surface area contributed by atoms with Crippen molar-refractivity contribution in [3.8, 4) is 5.88 Å². The van der Waals surface area contributed by atoms with Gasteiger partial charge in [-0.25, -0.2) is 9.42 Å². The number of aryl methyl sites for hydroxylation is 1. The SMILES string of the molecule is CC1=C(C(=O)NCCOc2nonc2C)C(c2cccnc2)NC(=O)N1. The first-order valence-corrected chi connectivity index (χ1v) is 7.94. The molecule has 3 heterocycles. The third-order valence-electron chi connectivity index (χ3n) is 3.77. The highest BCUT2D eigenvalue weighted by atomic mass is 16.6. The fourth-order valence-corrected chi connectivity index (χ4v) is 2.55. The topological polar surface area (TPSA) is 131 Å². The van der Waals surface area contributed by atoms with Crippen LogP contribution in [-0.4, -0.2) is 40.4 Å². The van der Waals surface area contributed by atoms with E-state index >= 15 is 0 Å². The Hall–Kier alpha value is -3.43. The van der Waals surface area contributed by atoms with Crippen LogP contribution in [0.4, 0.5) is 4.79 Å². The molecule has 0 radical (unpaired) electrons. The number of pyridine rings is 1. The third-order valence-corrected chi connectivity index (χ3v) is 3.77. The first-order chi connectivity index (χ1) is 12.6. The Kier molecular flexibility index (Phi) is 5.11. The van der Waals surface area contributed by atoms with Crippen LogP contribution in [0.15, 0.2) is 40.4 Å². The molecule has 10 heteroatoms. The molecule has 3 amide bonds. The summed E-state index contributed by atoms with van der Waals surface area (Å²) in [5.41, 5.74) is 2.15. The van der Waals surface area contributed by atoms with Gasteiger partial charge in [0.25, 0.3) is 11.8 Å². The van der Waals surface area contributed by atoms with Crippen LogP contribution in [0.1, 0.15) is 24.2 Å². The molecule has 0 saturated heterocycles. The third kappa shape index (κ3) is 3.79. The number of carbonyl (C=O) groups is 2. The van der Waals surface area contributed by atoms with Crippen LogP contribution in [0.25, 0.3) is 0 Å². The maximum Gasteiger partial charge on any atom is 0.319 e. The van der Waals surface area contributed by atoms with Crippen LogP contribution in [0.5, 0.6) is 5.88 Å². The summed E-state index contributed by atoms with van der Waals surface area (Å²) >= 11 is 0. The van der Waals surface area contributed by atoms with E-state index in [2.05, 4.69) is 35.9 Å². The first kappa shape index (κ1) is 17.4. The number of rotatable bonds is 6. The van der Waals surface area contributed by atoms with Crippen LogP contribution in [-0.2, 0) is 4.79 Å². The zero-order chi connectivity index (χ0) is 18.5. The second-order valence-electron chi connectivity index (χ2n) is 5.62. The summed E-state index contributed by atoms with van der Waals surface area (Å²) < 4.78 is 9.91. The van der Waals surface area contributed by atoms with E-state index in [1.165, 1.54) is 0 Å². The van der Waals surface area contributed by atoms with Gasteiger partial charge in [-0.3, -0.25) is 9.78 Å². The molecule has 2 aromatic heterocycles. The van der Waals surface area contributed by atoms with Crippen molar-refractivity contribution in [2.24, 2.45) is 0 Å². The molecule has 1 aliphatic rings. The van der Waals surface area contributed by atoms with Gasteiger partial charge < -0.3 is 20.7 Å². The van der Waals surface area contributed by atoms with Gasteiger partial charge in [0.1, 0.15) is 12.3 Å². The number of ether oxygens (including phenoxy) is 1. The number of hydrogen-bond donors (Lipinski definition) is 3. The molecule has 0 aliphatic carbocycles. The van der Waals surface area contributed by atoms with Gasteiger partial charge in [0, 0.05) is 18.1 Å². The van der Waals surface area contributed by atoms with Gasteiger partial charge in [0.05, 0.1) is 18.2 Å². The second-order valence-corrected chi connectivity index (χ2v) is 5.62. The maximum atomic E-state index is 12.6. The number of amides is 3. The number of nitrogens with one attached hydrogen (secondary N) is 3. The molecule has 26 heavy (non-hydrogen) atoms. The molecular formula is C16H18N6O4. The van der Waals surface area contributed by atoms with Crippen molar-refractivity contribution in [2.45, 2.75) is 19.9 Å². The Labute approximate surface area is 149 Å². The Bertz CT molecular complexity index is 832. The molecule has 0 spiro atoms. The minimum absolute atomic E-state index is 0.199. The fraction of sp³-hybridized carbons (Fsp3) is 0.312. The predicted octanol–water partition coefficient (Wildman–Crippen LogP) is 0.596. The van der Waals surface area contributed by atoms with Gasteiger partial charge in [0.2, 0.25) is 0 Å². The summed E-state index contributed by atoms with van der Waals surface area (Å²) in [6.07, 6.45) is 3.24. The van der Waals surface area contributed by atoms with E-state index in [4.69, 9.17) is 4.74 Å². The molecule has 0 fully saturated rings. The average molecular weight is 358 g/mol. The number of carbonyl (C=O) groups excluding carboxylic acids is 2. The summed E-state index contributed by atoms with van der Waals surface area (Å²) in [5.74, 6) is -0.0306. The van der Waals surface area contributed by atoms with Crippen LogP contribution in [0.2, 0.25) is 0 Å². The number of urea groups is 1. The van der Waals surface area contributed by atoms with Crippen molar-refractivity contribution in [3.63, 3.8) is 0 Å². The van der Waals surface area contributed by atoms with E-state index in [0.29, 0.717) is 22.5 Å². The Morgan fingerprint density at radius 1 is 1.38 bits per heavy atom. The lowest BCUT2D eigenvalue weighted by Crippen LogP contribution is -2.47. The number of aromatic nitrogens is 3. The van der Waals surface area contributed by atoms with E-state index in [9.17, 15) is 9.59 Å². The number of allylic oxidation sites excluding steroid dienone is 1. The summed E-state index contributed by atoms with van der Waals surface area (Å²) in [4.78, 5) is 28.5. The van der Waals surface area contributed by atoms with E-state index < -0.39 is 6.04 Å². The van der Waals surface area contributed by atoms with Gasteiger partial charge in [-0.05, 0) is 30.6 Å². The molecule has 10 nitrogen and oxygen atoms in total. The highest BCUT2D eigenvalue weighted by molar-refractivity contribution is 5.98. The van der Waals surface area contributed by atoms with Crippen LogP contribution in [0.3, 0.4) is 0 Å². The molecule has 0 saturated carbocycles. The highest BCUT2D eigenvalue weighted by Crippen LogP contribution is 2.25. The van der Waals surface area contributed by atoms with Crippen molar-refractivity contribution < 1.29 is 19.0 Å². The summed E-state index contributed by atoms with van der Waals surface area (Å²) in [5, 5.41) is 15.3. The van der Waals surface area contributed by atoms with E-state index in [1.54, 1.807) is 38.4 Å². The molecule has 1 unspecified atom stereocenters. The smallest absolute Gasteiger partial charge is 0.319 e. The maximum absolute atomic E-state index is 12.6. The highest BCUT2D eigenvalue weighted by Gasteiger charge is 2.31. The Morgan fingerprint density at radius 2 is 2.23 bits per heavy atom. The van der Waals surface area contributed by atoms with E-state index in [-0.39, 0.29) is 31.0 Å². The second kappa shape index (κ2) is 7.64. The van der Waals surface area contributed by atoms with Gasteiger partial charge in [-0.1, -0.05) is 11.2 Å². The largest absolute Gasteiger partial charge is 0.472 e. The molecule has 3 N–H and O–H groups in total. The summed E-state index contributed by atoms with van der Waals surface area (Å²) in [6, 6.07) is 2.59. The summed E-state index contributed by atoms with van der Waals surface area (Å²) in [7, 11) is 0. The van der Waals surface area contributed by atoms with Crippen molar-refractivity contribution in [1.29, 1.82) is 0 Å². The van der Waals surface area contributed by atoms with E-state index in [1.807, 2.05) is 0 Å². The lowest BCUT2D eigenvalue weighted by molar-refractivity contribution is -0.118. The van der Waals surface area contributed by atoms with Gasteiger partial charge in [-0.15, -0.1) is 0 Å². The Balaban J connectivity index is 1.66. The standard InChI is InChI=1S/C16H18N6O4/c1-9-12(13(20-16(24)19-9)11-4-3-5-17-8-11)14(23)18-6-7-25-15-10(2)21-26-22-15/h3-5,8,13H,6-7H2,1-2H3,(H,18,23)(H2,19,20,24). The van der Waals surface area contributed by atoms with Crippen molar-refractivity contribution in [3.05, 3.63) is 47.1 Å². The first-order valence-electron chi connectivity index (χ1n) is 7.94.